The third-order valence-corrected chi connectivity index (χ3v) is 5.85. The summed E-state index contributed by atoms with van der Waals surface area (Å²) in [4.78, 5) is 32.8. The van der Waals surface area contributed by atoms with E-state index in [1.165, 1.54) is 12.1 Å². The number of piperidine rings is 1. The van der Waals surface area contributed by atoms with Crippen molar-refractivity contribution in [3.63, 3.8) is 0 Å². The molecule has 1 saturated heterocycles. The smallest absolute Gasteiger partial charge is 0.311 e. The predicted molar refractivity (Wildman–Crippen MR) is 131 cm³/mol. The van der Waals surface area contributed by atoms with Gasteiger partial charge in [-0.3, -0.25) is 14.9 Å². The summed E-state index contributed by atoms with van der Waals surface area (Å²) in [6.07, 6.45) is 1.09. The van der Waals surface area contributed by atoms with Crippen LogP contribution in [0.2, 0.25) is 0 Å². The Morgan fingerprint density at radius 2 is 1.71 bits per heavy atom. The molecule has 4 rings (SSSR count). The van der Waals surface area contributed by atoms with Gasteiger partial charge >= 0.3 is 11.7 Å². The van der Waals surface area contributed by atoms with E-state index in [2.05, 4.69) is 9.83 Å². The number of rotatable bonds is 7. The summed E-state index contributed by atoms with van der Waals surface area (Å²) in [6.45, 7) is 10.1. The molecule has 2 heterocycles. The molecule has 1 fully saturated rings. The molecule has 0 spiro atoms. The molecule has 0 N–H and O–H groups in total. The number of benzene rings is 2. The molecule has 0 saturated carbocycles. The summed E-state index contributed by atoms with van der Waals surface area (Å²) in [5.74, 6) is 0.580. The third-order valence-electron chi connectivity index (χ3n) is 5.85. The number of hydrogen-bond acceptors (Lipinski definition) is 7. The summed E-state index contributed by atoms with van der Waals surface area (Å²) in [7, 11) is 0. The van der Waals surface area contributed by atoms with Crippen molar-refractivity contribution in [1.82, 2.24) is 4.98 Å². The van der Waals surface area contributed by atoms with Crippen LogP contribution in [0.15, 0.2) is 60.7 Å². The zero-order valence-electron chi connectivity index (χ0n) is 19.2. The lowest BCUT2D eigenvalue weighted by Crippen LogP contribution is -2.37. The molecule has 0 amide bonds. The second kappa shape index (κ2) is 10.7. The average molecular weight is 473 g/mol. The van der Waals surface area contributed by atoms with Gasteiger partial charge in [-0.2, -0.15) is 4.98 Å². The van der Waals surface area contributed by atoms with Crippen molar-refractivity contribution < 1.29 is 19.2 Å². The maximum absolute atomic E-state index is 12.0. The Morgan fingerprint density at radius 1 is 1.09 bits per heavy atom. The van der Waals surface area contributed by atoms with E-state index < -0.39 is 4.92 Å². The van der Waals surface area contributed by atoms with Gasteiger partial charge in [-0.25, -0.2) is 4.85 Å². The highest BCUT2D eigenvalue weighted by molar-refractivity contribution is 5.73. The molecule has 0 aliphatic carbocycles. The third kappa shape index (κ3) is 5.55. The summed E-state index contributed by atoms with van der Waals surface area (Å²) in [5, 5.41) is 11.6. The average Bonchev–Trinajstić information content (AvgIpc) is 2.89. The molecule has 178 valence electrons. The maximum atomic E-state index is 12.0. The molecule has 0 unspecified atom stereocenters. The van der Waals surface area contributed by atoms with E-state index in [0.29, 0.717) is 44.0 Å². The fourth-order valence-electron chi connectivity index (χ4n) is 4.01. The van der Waals surface area contributed by atoms with Gasteiger partial charge < -0.3 is 14.4 Å². The molecule has 9 heteroatoms. The summed E-state index contributed by atoms with van der Waals surface area (Å²) >= 11 is 0. The maximum Gasteiger partial charge on any atom is 0.311 e. The first-order chi connectivity index (χ1) is 17.0. The number of nitro groups is 1. The first-order valence-corrected chi connectivity index (χ1v) is 11.3. The van der Waals surface area contributed by atoms with Crippen molar-refractivity contribution in [3.05, 3.63) is 82.2 Å². The van der Waals surface area contributed by atoms with Gasteiger partial charge in [0.2, 0.25) is 11.7 Å². The van der Waals surface area contributed by atoms with E-state index in [1.54, 1.807) is 31.2 Å². The van der Waals surface area contributed by atoms with Gasteiger partial charge in [-0.15, -0.1) is 0 Å². The molecule has 1 aliphatic heterocycles. The van der Waals surface area contributed by atoms with E-state index in [4.69, 9.17) is 16.0 Å². The molecular weight excluding hydrogens is 448 g/mol. The van der Waals surface area contributed by atoms with Gasteiger partial charge in [0.1, 0.15) is 5.75 Å². The highest BCUT2D eigenvalue weighted by Gasteiger charge is 2.30. The second-order valence-electron chi connectivity index (χ2n) is 8.05. The SMILES string of the molecule is [C-]#[N+]c1ccc(-c2ccc(Oc3ccc([N+](=O)[O-])c(N4CCC(C(=O)OCC)CC4)n3)cc2)cc1. The number of nitrogens with zero attached hydrogens (tertiary/aromatic N) is 4. The van der Waals surface area contributed by atoms with E-state index in [0.717, 1.165) is 11.1 Å². The Morgan fingerprint density at radius 3 is 2.29 bits per heavy atom. The minimum Gasteiger partial charge on any atom is -0.466 e. The lowest BCUT2D eigenvalue weighted by Gasteiger charge is -2.31. The van der Waals surface area contributed by atoms with Gasteiger partial charge in [0, 0.05) is 25.2 Å². The van der Waals surface area contributed by atoms with Crippen LogP contribution in [0, 0.1) is 22.6 Å². The summed E-state index contributed by atoms with van der Waals surface area (Å²) in [5.41, 5.74) is 2.42. The van der Waals surface area contributed by atoms with Crippen LogP contribution in [0.3, 0.4) is 0 Å². The van der Waals surface area contributed by atoms with E-state index in [1.807, 2.05) is 29.2 Å². The van der Waals surface area contributed by atoms with Crippen molar-refractivity contribution in [3.8, 4) is 22.8 Å². The Kier molecular flexibility index (Phi) is 7.21. The number of aromatic nitrogens is 1. The number of carbonyl (C=O) groups excluding carboxylic acids is 1. The molecule has 0 radical (unpaired) electrons. The number of pyridine rings is 1. The van der Waals surface area contributed by atoms with Crippen molar-refractivity contribution in [2.45, 2.75) is 19.8 Å². The fraction of sp³-hybridized carbons (Fsp3) is 0.269. The highest BCUT2D eigenvalue weighted by Crippen LogP contribution is 2.34. The fourth-order valence-corrected chi connectivity index (χ4v) is 4.01. The lowest BCUT2D eigenvalue weighted by molar-refractivity contribution is -0.384. The van der Waals surface area contributed by atoms with Crippen LogP contribution >= 0.6 is 0 Å². The first-order valence-electron chi connectivity index (χ1n) is 11.3. The van der Waals surface area contributed by atoms with E-state index in [9.17, 15) is 14.9 Å². The van der Waals surface area contributed by atoms with Crippen LogP contribution in [0.25, 0.3) is 16.0 Å². The highest BCUT2D eigenvalue weighted by atomic mass is 16.6. The summed E-state index contributed by atoms with van der Waals surface area (Å²) < 4.78 is 11.0. The van der Waals surface area contributed by atoms with Crippen molar-refractivity contribution in [1.29, 1.82) is 0 Å². The largest absolute Gasteiger partial charge is 0.466 e. The van der Waals surface area contributed by atoms with Crippen LogP contribution in [0.1, 0.15) is 19.8 Å². The second-order valence-corrected chi connectivity index (χ2v) is 8.05. The Labute approximate surface area is 202 Å². The molecule has 1 aromatic heterocycles. The van der Waals surface area contributed by atoms with E-state index in [-0.39, 0.29) is 29.3 Å². The minimum atomic E-state index is -0.461. The first kappa shape index (κ1) is 23.7. The topological polar surface area (TPSA) is 99.2 Å². The van der Waals surface area contributed by atoms with E-state index >= 15 is 0 Å². The molecule has 9 nitrogen and oxygen atoms in total. The van der Waals surface area contributed by atoms with Crippen molar-refractivity contribution >= 4 is 23.2 Å². The van der Waals surface area contributed by atoms with Crippen molar-refractivity contribution in [2.75, 3.05) is 24.6 Å². The standard InChI is InChI=1S/C26H24N4O5/c1-3-34-26(31)20-14-16-29(17-15-20)25-23(30(32)33)12-13-24(28-25)35-22-10-6-19(7-11-22)18-4-8-21(27-2)9-5-18/h4-13,20H,3,14-17H2,1H3. The molecular formula is C26H24N4O5. The van der Waals surface area contributed by atoms with Gasteiger partial charge in [0.15, 0.2) is 5.69 Å². The van der Waals surface area contributed by atoms with Gasteiger partial charge in [-0.1, -0.05) is 36.4 Å². The van der Waals surface area contributed by atoms with Gasteiger partial charge in [0.05, 0.1) is 24.0 Å². The molecule has 1 aliphatic rings. The Hall–Kier alpha value is -4.45. The molecule has 0 atom stereocenters. The van der Waals surface area contributed by atoms with Crippen LogP contribution in [0.4, 0.5) is 17.2 Å². The van der Waals surface area contributed by atoms with Crippen LogP contribution < -0.4 is 9.64 Å². The van der Waals surface area contributed by atoms with Crippen LogP contribution in [-0.4, -0.2) is 35.6 Å². The van der Waals surface area contributed by atoms with Crippen LogP contribution in [-0.2, 0) is 9.53 Å². The number of ether oxygens (including phenoxy) is 2. The van der Waals surface area contributed by atoms with Crippen molar-refractivity contribution in [2.24, 2.45) is 5.92 Å². The Bertz CT molecular complexity index is 1240. The summed E-state index contributed by atoms with van der Waals surface area (Å²) in [6, 6.07) is 17.6. The van der Waals surface area contributed by atoms with Gasteiger partial charge in [0.25, 0.3) is 0 Å². The monoisotopic (exact) mass is 472 g/mol. The molecule has 0 bridgehead atoms. The molecule has 3 aromatic rings. The van der Waals surface area contributed by atoms with Gasteiger partial charge in [-0.05, 0) is 43.0 Å². The molecule has 2 aromatic carbocycles. The lowest BCUT2D eigenvalue weighted by atomic mass is 9.97. The number of hydrogen-bond donors (Lipinski definition) is 0. The quantitative estimate of drug-likeness (QED) is 0.186. The Balaban J connectivity index is 1.49. The normalized spacial score (nSPS) is 13.7. The zero-order chi connectivity index (χ0) is 24.8. The number of anilines is 1. The molecule has 35 heavy (non-hydrogen) atoms. The number of carbonyl (C=O) groups is 1. The minimum absolute atomic E-state index is 0.106. The predicted octanol–water partition coefficient (Wildman–Crippen LogP) is 5.78. The van der Waals surface area contributed by atoms with Crippen LogP contribution in [0.5, 0.6) is 11.6 Å². The number of esters is 1. The zero-order valence-corrected chi connectivity index (χ0v) is 19.2.